The van der Waals surface area contributed by atoms with Crippen LogP contribution < -0.4 is 10.9 Å². The van der Waals surface area contributed by atoms with E-state index in [9.17, 15) is 4.79 Å². The van der Waals surface area contributed by atoms with Crippen molar-refractivity contribution < 1.29 is 0 Å². The lowest BCUT2D eigenvalue weighted by Crippen LogP contribution is -2.45. The van der Waals surface area contributed by atoms with Crippen molar-refractivity contribution in [1.82, 2.24) is 19.4 Å². The quantitative estimate of drug-likeness (QED) is 0.944. The first-order chi connectivity index (χ1) is 11.1. The first kappa shape index (κ1) is 14.7. The molecule has 1 saturated heterocycles. The van der Waals surface area contributed by atoms with Gasteiger partial charge in [0.1, 0.15) is 5.82 Å². The molecular weight excluding hydrogens is 288 g/mol. The van der Waals surface area contributed by atoms with Crippen molar-refractivity contribution in [3.8, 4) is 11.4 Å². The lowest BCUT2D eigenvalue weighted by molar-refractivity contribution is 0.257. The molecule has 0 unspecified atom stereocenters. The van der Waals surface area contributed by atoms with Crippen LogP contribution in [0.4, 0.5) is 0 Å². The average Bonchev–Trinajstić information content (AvgIpc) is 2.96. The van der Waals surface area contributed by atoms with E-state index in [-0.39, 0.29) is 5.56 Å². The van der Waals surface area contributed by atoms with Gasteiger partial charge in [-0.05, 0) is 36.9 Å². The molecular formula is C18H24N4O. The second kappa shape index (κ2) is 5.64. The summed E-state index contributed by atoms with van der Waals surface area (Å²) in [5, 5.41) is 3.49. The molecule has 4 rings (SSSR count). The third-order valence-electron chi connectivity index (χ3n) is 5.03. The molecule has 4 heterocycles. The van der Waals surface area contributed by atoms with Gasteiger partial charge in [0.05, 0.1) is 5.56 Å². The Kier molecular flexibility index (Phi) is 3.60. The largest absolute Gasteiger partial charge is 0.331 e. The summed E-state index contributed by atoms with van der Waals surface area (Å²) >= 11 is 0. The van der Waals surface area contributed by atoms with Gasteiger partial charge in [0.15, 0.2) is 0 Å². The molecule has 122 valence electrons. The Bertz CT molecular complexity index is 774. The molecule has 0 aliphatic carbocycles. The predicted octanol–water partition coefficient (Wildman–Crippen LogP) is 2.07. The molecule has 0 amide bonds. The zero-order valence-electron chi connectivity index (χ0n) is 13.8. The Morgan fingerprint density at radius 2 is 2.22 bits per heavy atom. The number of piperidine rings is 1. The Hall–Kier alpha value is -1.88. The Balaban J connectivity index is 1.79. The maximum absolute atomic E-state index is 13.1. The Labute approximate surface area is 136 Å². The molecule has 0 spiro atoms. The van der Waals surface area contributed by atoms with Crippen LogP contribution in [0.3, 0.4) is 0 Å². The highest BCUT2D eigenvalue weighted by molar-refractivity contribution is 5.54. The van der Waals surface area contributed by atoms with E-state index in [0.717, 1.165) is 37.6 Å². The predicted molar refractivity (Wildman–Crippen MR) is 90.5 cm³/mol. The summed E-state index contributed by atoms with van der Waals surface area (Å²) in [5.74, 6) is 2.37. The first-order valence-electron chi connectivity index (χ1n) is 8.59. The first-order valence-corrected chi connectivity index (χ1v) is 8.59. The molecule has 5 heteroatoms. The fourth-order valence-corrected chi connectivity index (χ4v) is 4.06. The van der Waals surface area contributed by atoms with Gasteiger partial charge in [-0.15, -0.1) is 0 Å². The van der Waals surface area contributed by atoms with Crippen molar-refractivity contribution in [2.24, 2.45) is 11.8 Å². The van der Waals surface area contributed by atoms with Crippen LogP contribution in [-0.4, -0.2) is 27.2 Å². The van der Waals surface area contributed by atoms with Crippen LogP contribution in [0.2, 0.25) is 0 Å². The molecule has 2 aromatic heterocycles. The maximum atomic E-state index is 13.1. The lowest BCUT2D eigenvalue weighted by atomic mass is 9.84. The van der Waals surface area contributed by atoms with Crippen LogP contribution >= 0.6 is 0 Å². The SMILES string of the molecule is CC(C)Cn1ccnc1-c1ccc2n(c1=O)C[C@@H]1CNC[C@H]2C1. The fraction of sp³-hybridized carbons (Fsp3) is 0.556. The highest BCUT2D eigenvalue weighted by atomic mass is 16.1. The third kappa shape index (κ3) is 2.53. The lowest BCUT2D eigenvalue weighted by Gasteiger charge is -2.37. The van der Waals surface area contributed by atoms with Gasteiger partial charge < -0.3 is 14.5 Å². The molecule has 0 radical (unpaired) electrons. The van der Waals surface area contributed by atoms with Gasteiger partial charge in [0, 0.05) is 43.6 Å². The van der Waals surface area contributed by atoms with Crippen LogP contribution in [-0.2, 0) is 13.1 Å². The maximum Gasteiger partial charge on any atom is 0.261 e. The van der Waals surface area contributed by atoms with E-state index in [2.05, 4.69) is 34.8 Å². The van der Waals surface area contributed by atoms with Crippen molar-refractivity contribution in [2.75, 3.05) is 13.1 Å². The third-order valence-corrected chi connectivity index (χ3v) is 5.03. The minimum absolute atomic E-state index is 0.121. The van der Waals surface area contributed by atoms with Crippen LogP contribution in [0.1, 0.15) is 31.9 Å². The Morgan fingerprint density at radius 3 is 3.04 bits per heavy atom. The van der Waals surface area contributed by atoms with Crippen molar-refractivity contribution in [3.05, 3.63) is 40.6 Å². The number of rotatable bonds is 3. The molecule has 5 nitrogen and oxygen atoms in total. The van der Waals surface area contributed by atoms with Gasteiger partial charge >= 0.3 is 0 Å². The number of nitrogens with one attached hydrogen (secondary N) is 1. The van der Waals surface area contributed by atoms with Crippen LogP contribution in [0.5, 0.6) is 0 Å². The molecule has 0 saturated carbocycles. The molecule has 1 N–H and O–H groups in total. The van der Waals surface area contributed by atoms with Crippen LogP contribution in [0.15, 0.2) is 29.3 Å². The average molecular weight is 312 g/mol. The van der Waals surface area contributed by atoms with Crippen LogP contribution in [0.25, 0.3) is 11.4 Å². The van der Waals surface area contributed by atoms with Crippen molar-refractivity contribution in [2.45, 2.75) is 39.3 Å². The van der Waals surface area contributed by atoms with Gasteiger partial charge in [-0.2, -0.15) is 0 Å². The van der Waals surface area contributed by atoms with Crippen molar-refractivity contribution in [3.63, 3.8) is 0 Å². The number of imidazole rings is 1. The monoisotopic (exact) mass is 312 g/mol. The smallest absolute Gasteiger partial charge is 0.261 e. The summed E-state index contributed by atoms with van der Waals surface area (Å²) < 4.78 is 4.10. The van der Waals surface area contributed by atoms with E-state index < -0.39 is 0 Å². The van der Waals surface area contributed by atoms with E-state index in [4.69, 9.17) is 0 Å². The summed E-state index contributed by atoms with van der Waals surface area (Å²) in [6.45, 7) is 8.07. The highest BCUT2D eigenvalue weighted by Crippen LogP contribution is 2.32. The molecule has 2 aliphatic rings. The molecule has 2 bridgehead atoms. The summed E-state index contributed by atoms with van der Waals surface area (Å²) in [5.41, 5.74) is 2.03. The van der Waals surface area contributed by atoms with Gasteiger partial charge in [0.2, 0.25) is 0 Å². The summed E-state index contributed by atoms with van der Waals surface area (Å²) in [4.78, 5) is 17.5. The van der Waals surface area contributed by atoms with Gasteiger partial charge in [-0.25, -0.2) is 4.98 Å². The number of fused-ring (bicyclic) bond motifs is 4. The van der Waals surface area contributed by atoms with Gasteiger partial charge in [0.25, 0.3) is 5.56 Å². The summed E-state index contributed by atoms with van der Waals surface area (Å²) in [7, 11) is 0. The number of hydrogen-bond donors (Lipinski definition) is 1. The number of nitrogens with zero attached hydrogens (tertiary/aromatic N) is 3. The number of pyridine rings is 1. The van der Waals surface area contributed by atoms with E-state index in [1.54, 1.807) is 6.20 Å². The number of aromatic nitrogens is 3. The minimum Gasteiger partial charge on any atom is -0.331 e. The normalized spacial score (nSPS) is 23.1. The molecule has 2 atom stereocenters. The van der Waals surface area contributed by atoms with Crippen molar-refractivity contribution in [1.29, 1.82) is 0 Å². The second-order valence-electron chi connectivity index (χ2n) is 7.34. The standard InChI is InChI=1S/C18H24N4O/c1-12(2)10-21-6-5-20-17(21)15-3-4-16-14-7-13(8-19-9-14)11-22(16)18(15)23/h3-6,12-14,19H,7-11H2,1-2H3/t13-,14+/m0/s1. The van der Waals surface area contributed by atoms with E-state index >= 15 is 0 Å². The molecule has 23 heavy (non-hydrogen) atoms. The van der Waals surface area contributed by atoms with Crippen LogP contribution in [0, 0.1) is 11.8 Å². The van der Waals surface area contributed by atoms with Gasteiger partial charge in [-0.3, -0.25) is 4.79 Å². The molecule has 2 aromatic rings. The number of hydrogen-bond acceptors (Lipinski definition) is 3. The molecule has 1 fully saturated rings. The highest BCUT2D eigenvalue weighted by Gasteiger charge is 2.31. The second-order valence-corrected chi connectivity index (χ2v) is 7.34. The fourth-order valence-electron chi connectivity index (χ4n) is 4.06. The van der Waals surface area contributed by atoms with E-state index in [0.29, 0.717) is 17.8 Å². The zero-order valence-corrected chi connectivity index (χ0v) is 13.8. The van der Waals surface area contributed by atoms with Crippen molar-refractivity contribution >= 4 is 0 Å². The minimum atomic E-state index is 0.121. The van der Waals surface area contributed by atoms with Gasteiger partial charge in [-0.1, -0.05) is 13.8 Å². The van der Waals surface area contributed by atoms with E-state index in [1.165, 1.54) is 12.1 Å². The topological polar surface area (TPSA) is 51.9 Å². The molecule has 2 aliphatic heterocycles. The molecule has 0 aromatic carbocycles. The van der Waals surface area contributed by atoms with E-state index in [1.807, 2.05) is 16.8 Å². The summed E-state index contributed by atoms with van der Waals surface area (Å²) in [6.07, 6.45) is 4.96. The Morgan fingerprint density at radius 1 is 1.35 bits per heavy atom. The summed E-state index contributed by atoms with van der Waals surface area (Å²) in [6, 6.07) is 4.11. The zero-order chi connectivity index (χ0) is 16.0.